The van der Waals surface area contributed by atoms with Gasteiger partial charge in [0, 0.05) is 36.3 Å². The Labute approximate surface area is 187 Å². The van der Waals surface area contributed by atoms with Crippen molar-refractivity contribution in [3.05, 3.63) is 82.4 Å². The molecule has 168 valence electrons. The van der Waals surface area contributed by atoms with Crippen LogP contribution in [-0.4, -0.2) is 33.1 Å². The van der Waals surface area contributed by atoms with Crippen LogP contribution in [0.2, 0.25) is 0 Å². The predicted octanol–water partition coefficient (Wildman–Crippen LogP) is 3.82. The van der Waals surface area contributed by atoms with Gasteiger partial charge < -0.3 is 10.1 Å². The first-order valence-electron chi connectivity index (χ1n) is 10.4. The van der Waals surface area contributed by atoms with Crippen molar-refractivity contribution >= 4 is 17.1 Å². The maximum atomic E-state index is 12.8. The number of rotatable bonds is 6. The number of alkyl halides is 2. The van der Waals surface area contributed by atoms with Gasteiger partial charge >= 0.3 is 12.3 Å². The minimum atomic E-state index is -2.85. The maximum absolute atomic E-state index is 12.8. The van der Waals surface area contributed by atoms with Gasteiger partial charge in [-0.15, -0.1) is 0 Å². The van der Waals surface area contributed by atoms with E-state index in [2.05, 4.69) is 20.0 Å². The van der Waals surface area contributed by atoms with E-state index in [1.807, 2.05) is 12.1 Å². The van der Waals surface area contributed by atoms with E-state index in [4.69, 9.17) is 0 Å². The van der Waals surface area contributed by atoms with E-state index < -0.39 is 6.61 Å². The first kappa shape index (κ1) is 20.9. The lowest BCUT2D eigenvalue weighted by atomic mass is 10.0. The zero-order valence-corrected chi connectivity index (χ0v) is 17.6. The Bertz CT molecular complexity index is 1400. The summed E-state index contributed by atoms with van der Waals surface area (Å²) in [6.07, 6.45) is 2.44. The molecule has 1 aliphatic carbocycles. The number of imidazole rings is 1. The van der Waals surface area contributed by atoms with Crippen molar-refractivity contribution in [3.8, 4) is 16.9 Å². The van der Waals surface area contributed by atoms with E-state index in [9.17, 15) is 18.4 Å². The molecule has 2 aromatic heterocycles. The number of aryl methyl sites for hydroxylation is 1. The number of pyridine rings is 1. The molecule has 1 aliphatic rings. The van der Waals surface area contributed by atoms with Crippen LogP contribution in [0.5, 0.6) is 5.75 Å². The van der Waals surface area contributed by atoms with E-state index in [1.165, 1.54) is 16.7 Å². The van der Waals surface area contributed by atoms with Crippen LogP contribution in [0.15, 0.2) is 65.6 Å². The molecule has 0 spiro atoms. The number of hydrogen-bond donors (Lipinski definition) is 2. The number of nitrogens with one attached hydrogen (secondary N) is 2. The number of carbonyl (C=O) groups is 1. The number of halogens is 2. The summed E-state index contributed by atoms with van der Waals surface area (Å²) in [5.74, 6) is 0.0588. The summed E-state index contributed by atoms with van der Waals surface area (Å²) >= 11 is 0. The van der Waals surface area contributed by atoms with Crippen LogP contribution >= 0.6 is 0 Å². The largest absolute Gasteiger partial charge is 0.435 e. The fourth-order valence-electron chi connectivity index (χ4n) is 3.97. The second-order valence-electron chi connectivity index (χ2n) is 8.03. The molecule has 33 heavy (non-hydrogen) atoms. The van der Waals surface area contributed by atoms with Crippen molar-refractivity contribution < 1.29 is 18.3 Å². The van der Waals surface area contributed by atoms with Crippen LogP contribution in [0.25, 0.3) is 22.3 Å². The molecule has 7 nitrogen and oxygen atoms in total. The highest BCUT2D eigenvalue weighted by molar-refractivity contribution is 5.96. The normalized spacial score (nSPS) is 17.3. The summed E-state index contributed by atoms with van der Waals surface area (Å²) in [6.45, 7) is -2.85. The smallest absolute Gasteiger partial charge is 0.387 e. The molecule has 2 heterocycles. The number of nitrogens with zero attached hydrogens (tertiary/aromatic N) is 2. The zero-order chi connectivity index (χ0) is 23.1. The Kier molecular flexibility index (Phi) is 5.16. The number of hydrogen-bond acceptors (Lipinski definition) is 4. The van der Waals surface area contributed by atoms with Gasteiger partial charge in [0.15, 0.2) is 5.65 Å². The topological polar surface area (TPSA) is 89.0 Å². The average Bonchev–Trinajstić information content (AvgIpc) is 3.51. The second-order valence-corrected chi connectivity index (χ2v) is 8.03. The average molecular weight is 450 g/mol. The number of aromatic amines is 1. The van der Waals surface area contributed by atoms with E-state index in [-0.39, 0.29) is 29.3 Å². The maximum Gasteiger partial charge on any atom is 0.387 e. The van der Waals surface area contributed by atoms with Crippen molar-refractivity contribution in [2.75, 3.05) is 0 Å². The molecule has 2 atom stereocenters. The molecule has 0 radical (unpaired) electrons. The summed E-state index contributed by atoms with van der Waals surface area (Å²) in [6, 6.07) is 15.6. The fourth-order valence-corrected chi connectivity index (χ4v) is 3.97. The summed E-state index contributed by atoms with van der Waals surface area (Å²) < 4.78 is 30.4. The molecule has 1 fully saturated rings. The molecule has 4 aromatic rings. The Morgan fingerprint density at radius 2 is 1.97 bits per heavy atom. The first-order chi connectivity index (χ1) is 15.9. The van der Waals surface area contributed by atoms with Crippen molar-refractivity contribution in [3.63, 3.8) is 0 Å². The standard InChI is InChI=1S/C24H20F2N4O3/c1-30-20-10-16(12-27-21(20)29-24(30)32)14-3-2-4-15(9-14)22(31)28-19-11-18(19)13-5-7-17(8-6-13)33-23(25)26/h2-10,12,18-19,23H,11H2,1H3,(H,28,31)(H,27,29,32)/t18-,19-/m0/s1. The number of fused-ring (bicyclic) bond motifs is 1. The van der Waals surface area contributed by atoms with Gasteiger partial charge in [0.05, 0.1) is 5.52 Å². The number of aromatic nitrogens is 3. The Hall–Kier alpha value is -4.01. The van der Waals surface area contributed by atoms with Crippen LogP contribution in [0, 0.1) is 0 Å². The van der Waals surface area contributed by atoms with Crippen molar-refractivity contribution in [2.24, 2.45) is 7.05 Å². The van der Waals surface area contributed by atoms with Crippen LogP contribution in [0.1, 0.15) is 28.3 Å². The monoisotopic (exact) mass is 450 g/mol. The lowest BCUT2D eigenvalue weighted by Gasteiger charge is -2.08. The molecule has 0 unspecified atom stereocenters. The quantitative estimate of drug-likeness (QED) is 0.468. The van der Waals surface area contributed by atoms with E-state index in [0.29, 0.717) is 16.7 Å². The van der Waals surface area contributed by atoms with Crippen molar-refractivity contribution in [2.45, 2.75) is 25.0 Å². The molecule has 2 aromatic carbocycles. The van der Waals surface area contributed by atoms with Crippen LogP contribution in [0.3, 0.4) is 0 Å². The molecule has 0 bridgehead atoms. The van der Waals surface area contributed by atoms with Crippen molar-refractivity contribution in [1.82, 2.24) is 19.9 Å². The van der Waals surface area contributed by atoms with Crippen molar-refractivity contribution in [1.29, 1.82) is 0 Å². The Morgan fingerprint density at radius 1 is 1.18 bits per heavy atom. The van der Waals surface area contributed by atoms with Crippen LogP contribution < -0.4 is 15.7 Å². The molecule has 9 heteroatoms. The molecule has 5 rings (SSSR count). The van der Waals surface area contributed by atoms with Gasteiger partial charge in [-0.25, -0.2) is 9.78 Å². The second kappa shape index (κ2) is 8.16. The highest BCUT2D eigenvalue weighted by Crippen LogP contribution is 2.41. The summed E-state index contributed by atoms with van der Waals surface area (Å²) in [7, 11) is 1.67. The minimum absolute atomic E-state index is 0.0181. The minimum Gasteiger partial charge on any atom is -0.435 e. The highest BCUT2D eigenvalue weighted by Gasteiger charge is 2.39. The lowest BCUT2D eigenvalue weighted by Crippen LogP contribution is -2.26. The van der Waals surface area contributed by atoms with E-state index in [0.717, 1.165) is 23.1 Å². The number of ether oxygens (including phenoxy) is 1. The zero-order valence-electron chi connectivity index (χ0n) is 17.6. The van der Waals surface area contributed by atoms with Gasteiger partial charge in [-0.2, -0.15) is 8.78 Å². The molecular formula is C24H20F2N4O3. The number of benzene rings is 2. The third-order valence-corrected chi connectivity index (χ3v) is 5.86. The van der Waals surface area contributed by atoms with Gasteiger partial charge in [-0.05, 0) is 47.9 Å². The summed E-state index contributed by atoms with van der Waals surface area (Å²) in [5.41, 5.74) is 4.04. The third-order valence-electron chi connectivity index (χ3n) is 5.86. The number of carbonyl (C=O) groups excluding carboxylic acids is 1. The van der Waals surface area contributed by atoms with Gasteiger partial charge in [-0.3, -0.25) is 14.3 Å². The molecule has 1 amide bonds. The van der Waals surface area contributed by atoms with Gasteiger partial charge in [0.2, 0.25) is 0 Å². The summed E-state index contributed by atoms with van der Waals surface area (Å²) in [4.78, 5) is 31.6. The Morgan fingerprint density at radius 3 is 2.73 bits per heavy atom. The van der Waals surface area contributed by atoms with Gasteiger partial charge in [0.25, 0.3) is 5.91 Å². The van der Waals surface area contributed by atoms with E-state index in [1.54, 1.807) is 43.6 Å². The fraction of sp³-hybridized carbons (Fsp3) is 0.208. The first-order valence-corrected chi connectivity index (χ1v) is 10.4. The molecule has 2 N–H and O–H groups in total. The number of H-pyrrole nitrogens is 1. The number of amides is 1. The molecule has 1 saturated carbocycles. The third kappa shape index (κ3) is 4.21. The lowest BCUT2D eigenvalue weighted by molar-refractivity contribution is -0.0498. The SMILES string of the molecule is Cn1c(=O)[nH]c2ncc(-c3cccc(C(=O)N[C@H]4C[C@H]4c4ccc(OC(F)F)cc4)c3)cc21. The molecule has 0 aliphatic heterocycles. The molecule has 0 saturated heterocycles. The molecular weight excluding hydrogens is 430 g/mol. The predicted molar refractivity (Wildman–Crippen MR) is 118 cm³/mol. The van der Waals surface area contributed by atoms with Crippen LogP contribution in [0.4, 0.5) is 8.78 Å². The summed E-state index contributed by atoms with van der Waals surface area (Å²) in [5, 5.41) is 3.03. The van der Waals surface area contributed by atoms with Crippen LogP contribution in [-0.2, 0) is 7.05 Å². The van der Waals surface area contributed by atoms with Gasteiger partial charge in [0.1, 0.15) is 5.75 Å². The Balaban J connectivity index is 1.28. The van der Waals surface area contributed by atoms with E-state index >= 15 is 0 Å². The van der Waals surface area contributed by atoms with Gasteiger partial charge in [-0.1, -0.05) is 24.3 Å². The highest BCUT2D eigenvalue weighted by atomic mass is 19.3.